The van der Waals surface area contributed by atoms with Crippen molar-refractivity contribution in [1.82, 2.24) is 9.23 Å². The fraction of sp³-hybridized carbons (Fsp3) is 0.167. The number of pyridine rings is 1. The smallest absolute Gasteiger partial charge is 1.00 e. The molecule has 68 valence electrons. The molecule has 1 rings (SSSR count). The Morgan fingerprint density at radius 2 is 2.15 bits per heavy atom. The van der Waals surface area contributed by atoms with Gasteiger partial charge < -0.3 is 1.43 Å². The van der Waals surface area contributed by atoms with Gasteiger partial charge in [-0.05, 0) is 30.8 Å². The van der Waals surface area contributed by atoms with E-state index in [4.69, 9.17) is 11.8 Å². The Bertz CT molecular complexity index is 370. The summed E-state index contributed by atoms with van der Waals surface area (Å²) in [5.74, 6) is 0. The van der Waals surface area contributed by atoms with Gasteiger partial charge in [0.2, 0.25) is 0 Å². The first-order valence-corrected chi connectivity index (χ1v) is 4.97. The molecule has 4 nitrogen and oxygen atoms in total. The van der Waals surface area contributed by atoms with Crippen LogP contribution in [-0.4, -0.2) is 13.4 Å². The Balaban J connectivity index is 0. The fourth-order valence-corrected chi connectivity index (χ4v) is 1.45. The maximum atomic E-state index is 11.0. The van der Waals surface area contributed by atoms with Crippen LogP contribution in [0.5, 0.6) is 0 Å². The molecule has 0 fully saturated rings. The Morgan fingerprint density at radius 1 is 1.54 bits per heavy atom. The van der Waals surface area contributed by atoms with E-state index in [0.717, 1.165) is 5.69 Å². The van der Waals surface area contributed by atoms with E-state index in [-0.39, 0.29) is 35.9 Å². The molecule has 1 heterocycles. The van der Waals surface area contributed by atoms with Gasteiger partial charge in [0.25, 0.3) is 10.0 Å². The van der Waals surface area contributed by atoms with Crippen LogP contribution in [0.4, 0.5) is 0 Å². The van der Waals surface area contributed by atoms with Crippen molar-refractivity contribution in [1.29, 1.82) is 0 Å². The second kappa shape index (κ2) is 5.29. The molecular formula is C6H8ClN2NaO2S. The molecule has 1 aromatic rings. The maximum Gasteiger partial charge on any atom is 1.00 e. The van der Waals surface area contributed by atoms with E-state index in [9.17, 15) is 8.42 Å². The molecule has 0 aromatic carbocycles. The number of sulfonamides is 1. The molecule has 7 heteroatoms. The summed E-state index contributed by atoms with van der Waals surface area (Å²) in [4.78, 5) is 3.87. The summed E-state index contributed by atoms with van der Waals surface area (Å²) >= 11 is 5.00. The number of hydrogen-bond donors (Lipinski definition) is 1. The van der Waals surface area contributed by atoms with Gasteiger partial charge >= 0.3 is 29.6 Å². The van der Waals surface area contributed by atoms with Gasteiger partial charge in [-0.15, -0.1) is 4.24 Å². The first-order valence-electron chi connectivity index (χ1n) is 3.11. The minimum atomic E-state index is -3.56. The van der Waals surface area contributed by atoms with E-state index in [0.29, 0.717) is 0 Å². The zero-order valence-electron chi connectivity index (χ0n) is 8.28. The van der Waals surface area contributed by atoms with Crippen LogP contribution < -0.4 is 33.8 Å². The molecule has 0 spiro atoms. The molecule has 1 aromatic heterocycles. The summed E-state index contributed by atoms with van der Waals surface area (Å²) < 4.78 is 23.7. The molecular weight excluding hydrogens is 223 g/mol. The number of nitrogens with one attached hydrogen (secondary N) is 1. The van der Waals surface area contributed by atoms with Crippen molar-refractivity contribution in [2.24, 2.45) is 0 Å². The second-order valence-corrected chi connectivity index (χ2v) is 4.31. The fourth-order valence-electron chi connectivity index (χ4n) is 0.658. The van der Waals surface area contributed by atoms with E-state index < -0.39 is 10.0 Å². The number of aryl methyl sites for hydroxylation is 1. The molecule has 0 saturated carbocycles. The third kappa shape index (κ3) is 3.53. The van der Waals surface area contributed by atoms with Gasteiger partial charge in [0.15, 0.2) is 0 Å². The van der Waals surface area contributed by atoms with Crippen molar-refractivity contribution < 1.29 is 39.4 Å². The summed E-state index contributed by atoms with van der Waals surface area (Å²) in [6.07, 6.45) is 1.25. The van der Waals surface area contributed by atoms with E-state index in [1.165, 1.54) is 12.3 Å². The summed E-state index contributed by atoms with van der Waals surface area (Å²) in [6, 6.07) is 3.04. The largest absolute Gasteiger partial charge is 1.00 e. The molecule has 0 aliphatic rings. The standard InChI is InChI=1S/C6H7ClN2O2S.Na.H/c1-5-2-3-6(4-8-5)12(10,11)9-7;;/h2-4,9H,1H3;;/q;+1;-1. The third-order valence-corrected chi connectivity index (χ3v) is 2.97. The van der Waals surface area contributed by atoms with Crippen LogP contribution in [0, 0.1) is 6.92 Å². The summed E-state index contributed by atoms with van der Waals surface area (Å²) in [5.41, 5.74) is 0.753. The minimum absolute atomic E-state index is 0. The van der Waals surface area contributed by atoms with Crippen LogP contribution in [0.3, 0.4) is 0 Å². The first-order chi connectivity index (χ1) is 5.56. The van der Waals surface area contributed by atoms with Crippen LogP contribution in [0.25, 0.3) is 0 Å². The number of rotatable bonds is 2. The van der Waals surface area contributed by atoms with Crippen LogP contribution in [0.1, 0.15) is 7.12 Å². The molecule has 1 N–H and O–H groups in total. The molecule has 0 radical (unpaired) electrons. The Labute approximate surface area is 106 Å². The minimum Gasteiger partial charge on any atom is -1.00 e. The van der Waals surface area contributed by atoms with Crippen molar-refractivity contribution in [3.8, 4) is 0 Å². The second-order valence-electron chi connectivity index (χ2n) is 2.22. The average molecular weight is 231 g/mol. The van der Waals surface area contributed by atoms with Gasteiger partial charge in [0.1, 0.15) is 4.90 Å². The third-order valence-electron chi connectivity index (χ3n) is 1.30. The monoisotopic (exact) mass is 230 g/mol. The summed E-state index contributed by atoms with van der Waals surface area (Å²) in [6.45, 7) is 1.77. The van der Waals surface area contributed by atoms with Gasteiger partial charge in [-0.1, -0.05) is 0 Å². The number of aromatic nitrogens is 1. The molecule has 0 saturated heterocycles. The van der Waals surface area contributed by atoms with E-state index in [1.54, 1.807) is 17.2 Å². The number of nitrogens with zero attached hydrogens (tertiary/aromatic N) is 1. The molecule has 0 amide bonds. The Kier molecular flexibility index (Phi) is 5.43. The molecule has 0 unspecified atom stereocenters. The predicted octanol–water partition coefficient (Wildman–Crippen LogP) is -2.06. The van der Waals surface area contributed by atoms with Gasteiger partial charge in [-0.3, -0.25) is 4.98 Å². The summed E-state index contributed by atoms with van der Waals surface area (Å²) in [7, 11) is -3.56. The average Bonchev–Trinajstić information content (AvgIpc) is 2.05. The van der Waals surface area contributed by atoms with Gasteiger partial charge in [0, 0.05) is 11.9 Å². The van der Waals surface area contributed by atoms with Crippen LogP contribution in [-0.2, 0) is 10.0 Å². The number of halogens is 1. The molecule has 13 heavy (non-hydrogen) atoms. The molecule has 0 aliphatic carbocycles. The van der Waals surface area contributed by atoms with Crippen molar-refractivity contribution in [2.75, 3.05) is 0 Å². The van der Waals surface area contributed by atoms with Crippen LogP contribution >= 0.6 is 11.8 Å². The first kappa shape index (κ1) is 13.4. The van der Waals surface area contributed by atoms with Crippen molar-refractivity contribution in [3.63, 3.8) is 0 Å². The normalized spacial score (nSPS) is 10.6. The van der Waals surface area contributed by atoms with Crippen LogP contribution in [0.15, 0.2) is 23.2 Å². The van der Waals surface area contributed by atoms with E-state index in [1.807, 2.05) is 0 Å². The van der Waals surface area contributed by atoms with Crippen LogP contribution in [0.2, 0.25) is 0 Å². The van der Waals surface area contributed by atoms with Crippen molar-refractivity contribution in [2.45, 2.75) is 11.8 Å². The topological polar surface area (TPSA) is 59.1 Å². The quantitative estimate of drug-likeness (QED) is 0.470. The SMILES string of the molecule is Cc1ccc(S(=O)(=O)NCl)cn1.[H-].[Na+]. The zero-order chi connectivity index (χ0) is 9.19. The van der Waals surface area contributed by atoms with E-state index >= 15 is 0 Å². The van der Waals surface area contributed by atoms with E-state index in [2.05, 4.69) is 4.98 Å². The summed E-state index contributed by atoms with van der Waals surface area (Å²) in [5, 5.41) is 0. The number of hydrogen-bond acceptors (Lipinski definition) is 3. The molecule has 0 aliphatic heterocycles. The predicted molar refractivity (Wildman–Crippen MR) is 46.3 cm³/mol. The van der Waals surface area contributed by atoms with Gasteiger partial charge in [-0.2, -0.15) is 0 Å². The van der Waals surface area contributed by atoms with Crippen molar-refractivity contribution >= 4 is 21.8 Å². The molecule has 0 atom stereocenters. The molecule has 0 bridgehead atoms. The Hall–Kier alpha value is 0.350. The van der Waals surface area contributed by atoms with Gasteiger partial charge in [-0.25, -0.2) is 8.42 Å². The maximum absolute atomic E-state index is 11.0. The zero-order valence-corrected chi connectivity index (χ0v) is 10.9. The van der Waals surface area contributed by atoms with Crippen molar-refractivity contribution in [3.05, 3.63) is 24.0 Å². The Morgan fingerprint density at radius 3 is 2.54 bits per heavy atom. The van der Waals surface area contributed by atoms with Gasteiger partial charge in [0.05, 0.1) is 0 Å².